The van der Waals surface area contributed by atoms with Crippen molar-refractivity contribution in [1.29, 1.82) is 0 Å². The zero-order chi connectivity index (χ0) is 10.6. The van der Waals surface area contributed by atoms with Gasteiger partial charge in [-0.1, -0.05) is 25.6 Å². The number of carbonyl (C=O) groups is 1. The average molecular weight is 232 g/mol. The van der Waals surface area contributed by atoms with E-state index in [0.717, 1.165) is 10.2 Å². The molecule has 0 radical (unpaired) electrons. The van der Waals surface area contributed by atoms with Crippen molar-refractivity contribution in [3.63, 3.8) is 0 Å². The standard InChI is InChI=1S/C8H12N2O2S2/c1-5(2)7-9-8(14-10-7)13-4-6(11)12-3/h5H,4H2,1-3H3. The summed E-state index contributed by atoms with van der Waals surface area (Å²) in [7, 11) is 1.38. The zero-order valence-corrected chi connectivity index (χ0v) is 9.94. The van der Waals surface area contributed by atoms with Gasteiger partial charge in [-0.25, -0.2) is 4.98 Å². The van der Waals surface area contributed by atoms with E-state index in [1.165, 1.54) is 30.4 Å². The minimum Gasteiger partial charge on any atom is -0.468 e. The summed E-state index contributed by atoms with van der Waals surface area (Å²) in [6.07, 6.45) is 0. The molecule has 1 heterocycles. The summed E-state index contributed by atoms with van der Waals surface area (Å²) in [4.78, 5) is 15.1. The van der Waals surface area contributed by atoms with Gasteiger partial charge in [-0.2, -0.15) is 4.37 Å². The van der Waals surface area contributed by atoms with E-state index in [4.69, 9.17) is 0 Å². The molecule has 0 N–H and O–H groups in total. The quantitative estimate of drug-likeness (QED) is 0.586. The Balaban J connectivity index is 2.48. The number of hydrogen-bond donors (Lipinski definition) is 0. The van der Waals surface area contributed by atoms with Crippen molar-refractivity contribution < 1.29 is 9.53 Å². The van der Waals surface area contributed by atoms with Crippen LogP contribution in [0.5, 0.6) is 0 Å². The van der Waals surface area contributed by atoms with E-state index in [1.54, 1.807) is 0 Å². The zero-order valence-electron chi connectivity index (χ0n) is 8.31. The van der Waals surface area contributed by atoms with Gasteiger partial charge in [0.25, 0.3) is 0 Å². The fraction of sp³-hybridized carbons (Fsp3) is 0.625. The van der Waals surface area contributed by atoms with Crippen LogP contribution in [0, 0.1) is 0 Å². The fourth-order valence-electron chi connectivity index (χ4n) is 0.693. The third-order valence-corrected chi connectivity index (χ3v) is 3.30. The molecule has 78 valence electrons. The largest absolute Gasteiger partial charge is 0.468 e. The van der Waals surface area contributed by atoms with Gasteiger partial charge in [-0.3, -0.25) is 4.79 Å². The van der Waals surface area contributed by atoms with E-state index >= 15 is 0 Å². The van der Waals surface area contributed by atoms with Gasteiger partial charge in [0.1, 0.15) is 5.82 Å². The van der Waals surface area contributed by atoms with E-state index in [9.17, 15) is 4.79 Å². The SMILES string of the molecule is COC(=O)CSc1nc(C(C)C)ns1. The van der Waals surface area contributed by atoms with Crippen LogP contribution in [-0.4, -0.2) is 28.2 Å². The minimum atomic E-state index is -0.240. The molecule has 0 amide bonds. The Bertz CT molecular complexity index is 312. The number of nitrogens with zero attached hydrogens (tertiary/aromatic N) is 2. The molecule has 0 aliphatic heterocycles. The van der Waals surface area contributed by atoms with Crippen LogP contribution in [-0.2, 0) is 9.53 Å². The summed E-state index contributed by atoms with van der Waals surface area (Å²) < 4.78 is 9.52. The maximum absolute atomic E-state index is 10.8. The predicted molar refractivity (Wildman–Crippen MR) is 56.7 cm³/mol. The molecule has 0 aliphatic carbocycles. The lowest BCUT2D eigenvalue weighted by atomic mass is 10.2. The Morgan fingerprint density at radius 2 is 2.36 bits per heavy atom. The molecule has 1 aromatic heterocycles. The summed E-state index contributed by atoms with van der Waals surface area (Å²) in [5.74, 6) is 1.22. The average Bonchev–Trinajstić information content (AvgIpc) is 2.62. The van der Waals surface area contributed by atoms with Gasteiger partial charge in [-0.15, -0.1) is 0 Å². The predicted octanol–water partition coefficient (Wildman–Crippen LogP) is 1.93. The molecule has 14 heavy (non-hydrogen) atoms. The van der Waals surface area contributed by atoms with Crippen LogP contribution in [0.4, 0.5) is 0 Å². The molecule has 0 aromatic carbocycles. The molecule has 0 fully saturated rings. The topological polar surface area (TPSA) is 52.1 Å². The molecule has 0 unspecified atom stereocenters. The molecule has 0 bridgehead atoms. The third-order valence-electron chi connectivity index (χ3n) is 1.48. The first kappa shape index (κ1) is 11.5. The smallest absolute Gasteiger partial charge is 0.316 e. The molecule has 0 spiro atoms. The lowest BCUT2D eigenvalue weighted by molar-refractivity contribution is -0.137. The van der Waals surface area contributed by atoms with Crippen molar-refractivity contribution in [1.82, 2.24) is 9.36 Å². The minimum absolute atomic E-state index is 0.240. The number of esters is 1. The second-order valence-electron chi connectivity index (χ2n) is 2.94. The Kier molecular flexibility index (Phi) is 4.34. The highest BCUT2D eigenvalue weighted by Crippen LogP contribution is 2.22. The van der Waals surface area contributed by atoms with E-state index < -0.39 is 0 Å². The van der Waals surface area contributed by atoms with Crippen molar-refractivity contribution in [3.05, 3.63) is 5.82 Å². The van der Waals surface area contributed by atoms with Gasteiger partial charge in [-0.05, 0) is 11.5 Å². The van der Waals surface area contributed by atoms with Crippen LogP contribution in [0.3, 0.4) is 0 Å². The number of carbonyl (C=O) groups excluding carboxylic acids is 1. The maximum atomic E-state index is 10.8. The molecular formula is C8H12N2O2S2. The number of thioether (sulfide) groups is 1. The molecule has 1 aromatic rings. The van der Waals surface area contributed by atoms with Gasteiger partial charge in [0.2, 0.25) is 0 Å². The Labute approximate surface area is 91.2 Å². The Hall–Kier alpha value is -0.620. The van der Waals surface area contributed by atoms with Crippen molar-refractivity contribution in [3.8, 4) is 0 Å². The summed E-state index contributed by atoms with van der Waals surface area (Å²) >= 11 is 2.69. The molecule has 0 saturated carbocycles. The van der Waals surface area contributed by atoms with Gasteiger partial charge < -0.3 is 4.74 Å². The number of hydrogen-bond acceptors (Lipinski definition) is 6. The number of methoxy groups -OCH3 is 1. The monoisotopic (exact) mass is 232 g/mol. The molecule has 0 aliphatic rings. The summed E-state index contributed by atoms with van der Waals surface area (Å²) in [5, 5.41) is 0. The second-order valence-corrected chi connectivity index (χ2v) is 4.91. The summed E-state index contributed by atoms with van der Waals surface area (Å²) in [6, 6.07) is 0. The Morgan fingerprint density at radius 3 is 2.86 bits per heavy atom. The van der Waals surface area contributed by atoms with Crippen molar-refractivity contribution >= 4 is 29.3 Å². The van der Waals surface area contributed by atoms with Crippen LogP contribution in [0.1, 0.15) is 25.6 Å². The maximum Gasteiger partial charge on any atom is 0.316 e. The van der Waals surface area contributed by atoms with Crippen LogP contribution >= 0.6 is 23.3 Å². The van der Waals surface area contributed by atoms with Gasteiger partial charge >= 0.3 is 5.97 Å². The fourth-order valence-corrected chi connectivity index (χ4v) is 2.27. The van der Waals surface area contributed by atoms with Crippen LogP contribution in [0.25, 0.3) is 0 Å². The van der Waals surface area contributed by atoms with Crippen LogP contribution < -0.4 is 0 Å². The van der Waals surface area contributed by atoms with E-state index in [2.05, 4.69) is 14.1 Å². The van der Waals surface area contributed by atoms with Gasteiger partial charge in [0, 0.05) is 5.92 Å². The molecule has 6 heteroatoms. The molecule has 0 saturated heterocycles. The van der Waals surface area contributed by atoms with Crippen LogP contribution in [0.2, 0.25) is 0 Å². The number of aromatic nitrogens is 2. The van der Waals surface area contributed by atoms with Gasteiger partial charge in [0.05, 0.1) is 12.9 Å². The normalized spacial score (nSPS) is 10.6. The van der Waals surface area contributed by atoms with E-state index in [0.29, 0.717) is 11.7 Å². The first-order chi connectivity index (χ1) is 6.63. The van der Waals surface area contributed by atoms with Gasteiger partial charge in [0.15, 0.2) is 4.34 Å². The van der Waals surface area contributed by atoms with Crippen LogP contribution in [0.15, 0.2) is 4.34 Å². The highest BCUT2D eigenvalue weighted by molar-refractivity contribution is 8.01. The highest BCUT2D eigenvalue weighted by atomic mass is 32.2. The van der Waals surface area contributed by atoms with Crippen molar-refractivity contribution in [2.45, 2.75) is 24.1 Å². The lowest BCUT2D eigenvalue weighted by Gasteiger charge is -1.96. The summed E-state index contributed by atoms with van der Waals surface area (Å²) in [6.45, 7) is 4.08. The van der Waals surface area contributed by atoms with Crippen molar-refractivity contribution in [2.75, 3.05) is 12.9 Å². The Morgan fingerprint density at radius 1 is 1.64 bits per heavy atom. The van der Waals surface area contributed by atoms with E-state index in [1.807, 2.05) is 13.8 Å². The van der Waals surface area contributed by atoms with E-state index in [-0.39, 0.29) is 5.97 Å². The lowest BCUT2D eigenvalue weighted by Crippen LogP contribution is -2.02. The molecule has 0 atom stereocenters. The first-order valence-electron chi connectivity index (χ1n) is 4.16. The highest BCUT2D eigenvalue weighted by Gasteiger charge is 2.09. The molecule has 1 rings (SSSR count). The van der Waals surface area contributed by atoms with Crippen molar-refractivity contribution in [2.24, 2.45) is 0 Å². The summed E-state index contributed by atoms with van der Waals surface area (Å²) in [5.41, 5.74) is 0. The second kappa shape index (κ2) is 5.31. The first-order valence-corrected chi connectivity index (χ1v) is 5.92. The molecular weight excluding hydrogens is 220 g/mol. The number of rotatable bonds is 4. The third kappa shape index (κ3) is 3.26. The molecule has 4 nitrogen and oxygen atoms in total. The number of ether oxygens (including phenoxy) is 1.